The maximum atomic E-state index is 12.5. The number of piperidine rings is 1. The summed E-state index contributed by atoms with van der Waals surface area (Å²) in [6, 6.07) is 10.3. The van der Waals surface area contributed by atoms with Gasteiger partial charge in [-0.1, -0.05) is 30.3 Å². The van der Waals surface area contributed by atoms with Crippen molar-refractivity contribution in [2.24, 2.45) is 11.8 Å². The molecule has 1 aromatic rings. The molecule has 0 spiro atoms. The van der Waals surface area contributed by atoms with Crippen LogP contribution in [0.1, 0.15) is 31.2 Å². The SMILES string of the molecule is CNC(=O)N1CCC(C2CCN(C(=O)CCc3ccccc3)C2)CC1. The van der Waals surface area contributed by atoms with E-state index in [1.165, 1.54) is 5.56 Å². The van der Waals surface area contributed by atoms with Crippen molar-refractivity contribution in [3.8, 4) is 0 Å². The monoisotopic (exact) mass is 343 g/mol. The second-order valence-electron chi connectivity index (χ2n) is 7.25. The molecule has 2 aliphatic heterocycles. The van der Waals surface area contributed by atoms with Crippen LogP contribution in [0.2, 0.25) is 0 Å². The van der Waals surface area contributed by atoms with Gasteiger partial charge in [-0.05, 0) is 43.1 Å². The van der Waals surface area contributed by atoms with Crippen LogP contribution < -0.4 is 5.32 Å². The van der Waals surface area contributed by atoms with Gasteiger partial charge in [0.15, 0.2) is 0 Å². The second-order valence-corrected chi connectivity index (χ2v) is 7.25. The van der Waals surface area contributed by atoms with Crippen LogP contribution in [0, 0.1) is 11.8 Å². The Bertz CT molecular complexity index is 582. The van der Waals surface area contributed by atoms with Gasteiger partial charge in [-0.15, -0.1) is 0 Å². The van der Waals surface area contributed by atoms with Crippen LogP contribution in [0.15, 0.2) is 30.3 Å². The van der Waals surface area contributed by atoms with Gasteiger partial charge in [0.25, 0.3) is 0 Å². The molecule has 1 unspecified atom stereocenters. The number of carbonyl (C=O) groups is 2. The van der Waals surface area contributed by atoms with Gasteiger partial charge in [-0.2, -0.15) is 0 Å². The number of nitrogens with zero attached hydrogens (tertiary/aromatic N) is 2. The molecule has 2 fully saturated rings. The summed E-state index contributed by atoms with van der Waals surface area (Å²) >= 11 is 0. The Morgan fingerprint density at radius 1 is 1.00 bits per heavy atom. The van der Waals surface area contributed by atoms with E-state index in [4.69, 9.17) is 0 Å². The number of rotatable bonds is 4. The normalized spacial score (nSPS) is 21.4. The summed E-state index contributed by atoms with van der Waals surface area (Å²) in [5, 5.41) is 2.70. The molecule has 0 bridgehead atoms. The molecule has 3 amide bonds. The minimum Gasteiger partial charge on any atom is -0.342 e. The van der Waals surface area contributed by atoms with Gasteiger partial charge < -0.3 is 15.1 Å². The summed E-state index contributed by atoms with van der Waals surface area (Å²) in [6.45, 7) is 3.47. The van der Waals surface area contributed by atoms with Crippen LogP contribution in [-0.2, 0) is 11.2 Å². The highest BCUT2D eigenvalue weighted by molar-refractivity contribution is 5.76. The van der Waals surface area contributed by atoms with Crippen molar-refractivity contribution in [3.05, 3.63) is 35.9 Å². The topological polar surface area (TPSA) is 52.7 Å². The fourth-order valence-corrected chi connectivity index (χ4v) is 4.18. The van der Waals surface area contributed by atoms with E-state index in [1.54, 1.807) is 7.05 Å². The first kappa shape index (κ1) is 17.8. The van der Waals surface area contributed by atoms with Gasteiger partial charge in [0, 0.05) is 39.6 Å². The Balaban J connectivity index is 1.42. The molecule has 0 aromatic heterocycles. The van der Waals surface area contributed by atoms with E-state index in [2.05, 4.69) is 22.3 Å². The highest BCUT2D eigenvalue weighted by Gasteiger charge is 2.34. The van der Waals surface area contributed by atoms with Crippen LogP contribution in [0.4, 0.5) is 4.79 Å². The zero-order chi connectivity index (χ0) is 17.6. The van der Waals surface area contributed by atoms with Crippen LogP contribution >= 0.6 is 0 Å². The molecule has 2 aliphatic rings. The third-order valence-corrected chi connectivity index (χ3v) is 5.76. The van der Waals surface area contributed by atoms with Gasteiger partial charge in [0.1, 0.15) is 0 Å². The number of amides is 3. The van der Waals surface area contributed by atoms with E-state index < -0.39 is 0 Å². The summed E-state index contributed by atoms with van der Waals surface area (Å²) in [5.74, 6) is 1.54. The molecule has 25 heavy (non-hydrogen) atoms. The van der Waals surface area contributed by atoms with E-state index >= 15 is 0 Å². The van der Waals surface area contributed by atoms with Crippen LogP contribution in [-0.4, -0.2) is 55.0 Å². The Morgan fingerprint density at radius 2 is 1.64 bits per heavy atom. The van der Waals surface area contributed by atoms with Crippen LogP contribution in [0.25, 0.3) is 0 Å². The van der Waals surface area contributed by atoms with E-state index in [9.17, 15) is 9.59 Å². The fourth-order valence-electron chi connectivity index (χ4n) is 4.18. The molecule has 2 heterocycles. The number of carbonyl (C=O) groups excluding carboxylic acids is 2. The number of benzene rings is 1. The average Bonchev–Trinajstić information content (AvgIpc) is 3.17. The maximum absolute atomic E-state index is 12.5. The largest absolute Gasteiger partial charge is 0.342 e. The van der Waals surface area contributed by atoms with Gasteiger partial charge in [-0.3, -0.25) is 4.79 Å². The standard InChI is InChI=1S/C20H29N3O2/c1-21-20(25)22-12-9-17(10-13-22)18-11-14-23(15-18)19(24)8-7-16-5-3-2-4-6-16/h2-6,17-18H,7-15H2,1H3,(H,21,25). The zero-order valence-electron chi connectivity index (χ0n) is 15.1. The molecular formula is C20H29N3O2. The van der Waals surface area contributed by atoms with Crippen molar-refractivity contribution in [3.63, 3.8) is 0 Å². The van der Waals surface area contributed by atoms with Crippen molar-refractivity contribution < 1.29 is 9.59 Å². The highest BCUT2D eigenvalue weighted by atomic mass is 16.2. The first-order valence-corrected chi connectivity index (χ1v) is 9.45. The van der Waals surface area contributed by atoms with Gasteiger partial charge in [0.2, 0.25) is 5.91 Å². The van der Waals surface area contributed by atoms with Crippen molar-refractivity contribution in [2.45, 2.75) is 32.1 Å². The smallest absolute Gasteiger partial charge is 0.317 e. The Morgan fingerprint density at radius 3 is 2.32 bits per heavy atom. The Kier molecular flexibility index (Phi) is 5.95. The molecule has 3 rings (SSSR count). The molecule has 0 radical (unpaired) electrons. The van der Waals surface area contributed by atoms with Gasteiger partial charge >= 0.3 is 6.03 Å². The molecule has 136 valence electrons. The molecule has 2 saturated heterocycles. The summed E-state index contributed by atoms with van der Waals surface area (Å²) in [7, 11) is 1.68. The molecule has 5 heteroatoms. The molecule has 1 atom stereocenters. The average molecular weight is 343 g/mol. The lowest BCUT2D eigenvalue weighted by molar-refractivity contribution is -0.130. The summed E-state index contributed by atoms with van der Waals surface area (Å²) in [5.41, 5.74) is 1.23. The van der Waals surface area contributed by atoms with Crippen molar-refractivity contribution in [1.29, 1.82) is 0 Å². The third kappa shape index (κ3) is 4.53. The predicted octanol–water partition coefficient (Wildman–Crippen LogP) is 2.52. The van der Waals surface area contributed by atoms with Gasteiger partial charge in [-0.25, -0.2) is 4.79 Å². The molecular weight excluding hydrogens is 314 g/mol. The summed E-state index contributed by atoms with van der Waals surface area (Å²) in [6.07, 6.45) is 4.66. The zero-order valence-corrected chi connectivity index (χ0v) is 15.1. The third-order valence-electron chi connectivity index (χ3n) is 5.76. The molecule has 1 aromatic carbocycles. The highest BCUT2D eigenvalue weighted by Crippen LogP contribution is 2.32. The number of hydrogen-bond acceptors (Lipinski definition) is 2. The first-order chi connectivity index (χ1) is 12.2. The van der Waals surface area contributed by atoms with Crippen molar-refractivity contribution in [1.82, 2.24) is 15.1 Å². The lowest BCUT2D eigenvalue weighted by Gasteiger charge is -2.34. The minimum atomic E-state index is 0.0302. The maximum Gasteiger partial charge on any atom is 0.317 e. The van der Waals surface area contributed by atoms with E-state index in [0.717, 1.165) is 51.9 Å². The van der Waals surface area contributed by atoms with Crippen molar-refractivity contribution >= 4 is 11.9 Å². The number of aryl methyl sites for hydroxylation is 1. The minimum absolute atomic E-state index is 0.0302. The number of hydrogen-bond donors (Lipinski definition) is 1. The van der Waals surface area contributed by atoms with E-state index in [1.807, 2.05) is 23.1 Å². The lowest BCUT2D eigenvalue weighted by Crippen LogP contribution is -2.44. The number of urea groups is 1. The van der Waals surface area contributed by atoms with Crippen LogP contribution in [0.5, 0.6) is 0 Å². The summed E-state index contributed by atoms with van der Waals surface area (Å²) < 4.78 is 0. The molecule has 5 nitrogen and oxygen atoms in total. The predicted molar refractivity (Wildman–Crippen MR) is 98.2 cm³/mol. The number of likely N-dealkylation sites (tertiary alicyclic amines) is 2. The fraction of sp³-hybridized carbons (Fsp3) is 0.600. The van der Waals surface area contributed by atoms with E-state index in [0.29, 0.717) is 18.3 Å². The van der Waals surface area contributed by atoms with E-state index in [-0.39, 0.29) is 11.9 Å². The molecule has 0 saturated carbocycles. The second kappa shape index (κ2) is 8.37. The lowest BCUT2D eigenvalue weighted by atomic mass is 9.84. The summed E-state index contributed by atoms with van der Waals surface area (Å²) in [4.78, 5) is 28.1. The van der Waals surface area contributed by atoms with Gasteiger partial charge in [0.05, 0.1) is 0 Å². The van der Waals surface area contributed by atoms with Crippen LogP contribution in [0.3, 0.4) is 0 Å². The van der Waals surface area contributed by atoms with Crippen molar-refractivity contribution in [2.75, 3.05) is 33.2 Å². The quantitative estimate of drug-likeness (QED) is 0.913. The number of nitrogens with one attached hydrogen (secondary N) is 1. The molecule has 0 aliphatic carbocycles. The molecule has 1 N–H and O–H groups in total. The first-order valence-electron chi connectivity index (χ1n) is 9.45. The Hall–Kier alpha value is -2.04. The Labute approximate surface area is 150 Å².